The van der Waals surface area contributed by atoms with Crippen molar-refractivity contribution in [3.05, 3.63) is 30.7 Å². The van der Waals surface area contributed by atoms with Crippen LogP contribution in [0.2, 0.25) is 0 Å². The van der Waals surface area contributed by atoms with Crippen LogP contribution in [0.25, 0.3) is 16.8 Å². The van der Waals surface area contributed by atoms with Gasteiger partial charge in [0.1, 0.15) is 0 Å². The fourth-order valence-electron chi connectivity index (χ4n) is 1.64. The Morgan fingerprint density at radius 1 is 1.18 bits per heavy atom. The van der Waals surface area contributed by atoms with E-state index < -0.39 is 0 Å². The molecule has 0 amide bonds. The van der Waals surface area contributed by atoms with E-state index in [1.54, 1.807) is 15.4 Å². The molecule has 2 N–H and O–H groups in total. The SMILES string of the molecule is Cl.Cn1cc(-c2ccc3nc(N)nn3c2)cn1. The molecule has 0 spiro atoms. The van der Waals surface area contributed by atoms with Crippen LogP contribution in [0.1, 0.15) is 0 Å². The normalized spacial score (nSPS) is 10.4. The van der Waals surface area contributed by atoms with Crippen LogP contribution >= 0.6 is 12.4 Å². The number of rotatable bonds is 1. The quantitative estimate of drug-likeness (QED) is 0.703. The minimum absolute atomic E-state index is 0. The Morgan fingerprint density at radius 2 is 2.00 bits per heavy atom. The van der Waals surface area contributed by atoms with Crippen LogP contribution in [-0.4, -0.2) is 24.4 Å². The van der Waals surface area contributed by atoms with Crippen LogP contribution in [0.4, 0.5) is 5.95 Å². The van der Waals surface area contributed by atoms with E-state index in [0.29, 0.717) is 0 Å². The van der Waals surface area contributed by atoms with Gasteiger partial charge in [-0.25, -0.2) is 4.52 Å². The number of nitrogens with zero attached hydrogens (tertiary/aromatic N) is 5. The van der Waals surface area contributed by atoms with Gasteiger partial charge < -0.3 is 5.73 Å². The van der Waals surface area contributed by atoms with Crippen molar-refractivity contribution < 1.29 is 0 Å². The van der Waals surface area contributed by atoms with Crippen molar-refractivity contribution in [1.82, 2.24) is 24.4 Å². The fourth-order valence-corrected chi connectivity index (χ4v) is 1.64. The first-order valence-corrected chi connectivity index (χ1v) is 4.83. The van der Waals surface area contributed by atoms with Gasteiger partial charge >= 0.3 is 0 Å². The van der Waals surface area contributed by atoms with Crippen LogP contribution < -0.4 is 5.73 Å². The average molecular weight is 251 g/mol. The smallest absolute Gasteiger partial charge is 0.240 e. The van der Waals surface area contributed by atoms with Gasteiger partial charge in [-0.15, -0.1) is 17.5 Å². The van der Waals surface area contributed by atoms with E-state index in [2.05, 4.69) is 15.2 Å². The molecular weight excluding hydrogens is 240 g/mol. The third kappa shape index (κ3) is 1.94. The van der Waals surface area contributed by atoms with Crippen molar-refractivity contribution in [3.63, 3.8) is 0 Å². The summed E-state index contributed by atoms with van der Waals surface area (Å²) in [6, 6.07) is 3.85. The highest BCUT2D eigenvalue weighted by Crippen LogP contribution is 2.18. The van der Waals surface area contributed by atoms with Gasteiger partial charge in [0, 0.05) is 30.6 Å². The standard InChI is InChI=1S/C10H10N6.ClH/c1-15-5-8(4-12-15)7-2-3-9-13-10(11)14-16(9)6-7;/h2-6H,1H3,(H2,11,14);1H. The van der Waals surface area contributed by atoms with E-state index in [0.717, 1.165) is 16.8 Å². The molecule has 88 valence electrons. The third-order valence-electron chi connectivity index (χ3n) is 2.39. The molecule has 7 heteroatoms. The van der Waals surface area contributed by atoms with Gasteiger partial charge in [-0.3, -0.25) is 4.68 Å². The summed E-state index contributed by atoms with van der Waals surface area (Å²) in [5, 5.41) is 8.19. The van der Waals surface area contributed by atoms with Gasteiger partial charge in [-0.05, 0) is 12.1 Å². The van der Waals surface area contributed by atoms with Crippen molar-refractivity contribution in [1.29, 1.82) is 0 Å². The molecule has 3 heterocycles. The lowest BCUT2D eigenvalue weighted by atomic mass is 10.2. The molecule has 0 aromatic carbocycles. The zero-order valence-electron chi connectivity index (χ0n) is 9.11. The lowest BCUT2D eigenvalue weighted by Crippen LogP contribution is -1.89. The second-order valence-corrected chi connectivity index (χ2v) is 3.59. The van der Waals surface area contributed by atoms with Gasteiger partial charge in [-0.2, -0.15) is 10.1 Å². The Bertz CT molecular complexity index is 656. The van der Waals surface area contributed by atoms with Crippen LogP contribution in [0.3, 0.4) is 0 Å². The highest BCUT2D eigenvalue weighted by Gasteiger charge is 2.04. The number of anilines is 1. The maximum Gasteiger partial charge on any atom is 0.240 e. The van der Waals surface area contributed by atoms with Crippen LogP contribution in [-0.2, 0) is 7.05 Å². The molecule has 0 aliphatic heterocycles. The molecule has 0 saturated carbocycles. The zero-order chi connectivity index (χ0) is 11.1. The Labute approximate surface area is 103 Å². The van der Waals surface area contributed by atoms with Crippen LogP contribution in [0.15, 0.2) is 30.7 Å². The van der Waals surface area contributed by atoms with Crippen molar-refractivity contribution in [2.24, 2.45) is 7.05 Å². The van der Waals surface area contributed by atoms with E-state index in [1.165, 1.54) is 0 Å². The molecule has 0 bridgehead atoms. The molecule has 3 aromatic heterocycles. The molecule has 17 heavy (non-hydrogen) atoms. The highest BCUT2D eigenvalue weighted by atomic mass is 35.5. The summed E-state index contributed by atoms with van der Waals surface area (Å²) in [5.74, 6) is 0.281. The molecule has 0 aliphatic carbocycles. The third-order valence-corrected chi connectivity index (χ3v) is 2.39. The summed E-state index contributed by atoms with van der Waals surface area (Å²) in [6.07, 6.45) is 5.64. The van der Waals surface area contributed by atoms with Crippen LogP contribution in [0, 0.1) is 0 Å². The van der Waals surface area contributed by atoms with Crippen molar-refractivity contribution >= 4 is 24.0 Å². The van der Waals surface area contributed by atoms with E-state index in [9.17, 15) is 0 Å². The minimum Gasteiger partial charge on any atom is -0.366 e. The van der Waals surface area contributed by atoms with E-state index in [4.69, 9.17) is 5.73 Å². The largest absolute Gasteiger partial charge is 0.366 e. The predicted molar refractivity (Wildman–Crippen MR) is 66.8 cm³/mol. The number of nitrogens with two attached hydrogens (primary N) is 1. The lowest BCUT2D eigenvalue weighted by Gasteiger charge is -1.97. The molecule has 0 saturated heterocycles. The lowest BCUT2D eigenvalue weighted by molar-refractivity contribution is 0.768. The topological polar surface area (TPSA) is 74.0 Å². The van der Waals surface area contributed by atoms with Gasteiger partial charge in [0.25, 0.3) is 0 Å². The zero-order valence-corrected chi connectivity index (χ0v) is 9.92. The van der Waals surface area contributed by atoms with Gasteiger partial charge in [0.15, 0.2) is 5.65 Å². The number of hydrogen-bond donors (Lipinski definition) is 1. The van der Waals surface area contributed by atoms with Gasteiger partial charge in [0.2, 0.25) is 5.95 Å². The van der Waals surface area contributed by atoms with Gasteiger partial charge in [-0.1, -0.05) is 0 Å². The number of aryl methyl sites for hydroxylation is 1. The fraction of sp³-hybridized carbons (Fsp3) is 0.100. The van der Waals surface area contributed by atoms with Crippen molar-refractivity contribution in [3.8, 4) is 11.1 Å². The maximum absolute atomic E-state index is 5.52. The number of fused-ring (bicyclic) bond motifs is 1. The molecule has 0 fully saturated rings. The molecule has 3 rings (SSSR count). The number of halogens is 1. The molecule has 0 unspecified atom stereocenters. The average Bonchev–Trinajstić information content (AvgIpc) is 2.81. The van der Waals surface area contributed by atoms with Gasteiger partial charge in [0.05, 0.1) is 6.20 Å². The first kappa shape index (κ1) is 11.4. The summed E-state index contributed by atoms with van der Waals surface area (Å²) in [7, 11) is 1.88. The Kier molecular flexibility index (Phi) is 2.72. The number of pyridine rings is 1. The maximum atomic E-state index is 5.52. The second-order valence-electron chi connectivity index (χ2n) is 3.59. The molecule has 6 nitrogen and oxygen atoms in total. The monoisotopic (exact) mass is 250 g/mol. The van der Waals surface area contributed by atoms with Crippen molar-refractivity contribution in [2.45, 2.75) is 0 Å². The van der Waals surface area contributed by atoms with E-state index in [1.807, 2.05) is 31.6 Å². The highest BCUT2D eigenvalue weighted by molar-refractivity contribution is 5.85. The second kappa shape index (κ2) is 4.06. The summed E-state index contributed by atoms with van der Waals surface area (Å²) >= 11 is 0. The molecule has 0 aliphatic rings. The summed E-state index contributed by atoms with van der Waals surface area (Å²) in [4.78, 5) is 4.06. The summed E-state index contributed by atoms with van der Waals surface area (Å²) in [6.45, 7) is 0. The summed E-state index contributed by atoms with van der Waals surface area (Å²) in [5.41, 5.74) is 8.34. The first-order valence-electron chi connectivity index (χ1n) is 4.83. The Balaban J connectivity index is 0.00000108. The first-order chi connectivity index (χ1) is 7.72. The summed E-state index contributed by atoms with van der Waals surface area (Å²) < 4.78 is 3.42. The Hall–Kier alpha value is -2.08. The molecule has 0 atom stereocenters. The number of hydrogen-bond acceptors (Lipinski definition) is 4. The number of aromatic nitrogens is 5. The van der Waals surface area contributed by atoms with E-state index >= 15 is 0 Å². The minimum atomic E-state index is 0. The Morgan fingerprint density at radius 3 is 2.71 bits per heavy atom. The van der Waals surface area contributed by atoms with E-state index in [-0.39, 0.29) is 18.4 Å². The molecule has 3 aromatic rings. The predicted octanol–water partition coefficient (Wildman–Crippen LogP) is 1.13. The molecule has 0 radical (unpaired) electrons. The number of nitrogen functional groups attached to an aromatic ring is 1. The molecular formula is C10H11ClN6. The van der Waals surface area contributed by atoms with Crippen molar-refractivity contribution in [2.75, 3.05) is 5.73 Å². The van der Waals surface area contributed by atoms with Crippen LogP contribution in [0.5, 0.6) is 0 Å².